The molecule has 0 aliphatic heterocycles. The second-order valence-electron chi connectivity index (χ2n) is 10.6. The molecule has 0 bridgehead atoms. The highest BCUT2D eigenvalue weighted by Gasteiger charge is 2.29. The van der Waals surface area contributed by atoms with E-state index >= 15 is 0 Å². The van der Waals surface area contributed by atoms with Crippen LogP contribution in [0.15, 0.2) is 29.1 Å². The number of fused-ring (bicyclic) bond motifs is 3. The highest BCUT2D eigenvalue weighted by Crippen LogP contribution is 2.50. The minimum absolute atomic E-state index is 0.000471. The molecule has 2 aromatic rings. The first kappa shape index (κ1) is 29.2. The van der Waals surface area contributed by atoms with Crippen LogP contribution in [0, 0.1) is 0 Å². The predicted octanol–water partition coefficient (Wildman–Crippen LogP) is 4.50. The second-order valence-corrected chi connectivity index (χ2v) is 10.6. The molecule has 2 aliphatic rings. The molecular weight excluding hydrogens is 510 g/mol. The Bertz CT molecular complexity index is 1290. The van der Waals surface area contributed by atoms with Crippen LogP contribution in [-0.4, -0.2) is 45.7 Å². The minimum atomic E-state index is -0.392. The topological polar surface area (TPSA) is 115 Å². The second kappa shape index (κ2) is 13.5. The van der Waals surface area contributed by atoms with E-state index in [0.29, 0.717) is 41.3 Å². The fourth-order valence-corrected chi connectivity index (χ4v) is 5.91. The molecule has 0 aromatic heterocycles. The molecular formula is C31H41N3O6. The summed E-state index contributed by atoms with van der Waals surface area (Å²) in [4.78, 5) is 38.3. The van der Waals surface area contributed by atoms with Gasteiger partial charge in [0.2, 0.25) is 23.0 Å². The normalized spacial score (nSPS) is 17.1. The van der Waals surface area contributed by atoms with Crippen LogP contribution in [0.25, 0.3) is 11.1 Å². The zero-order valence-electron chi connectivity index (χ0n) is 24.0. The first-order valence-electron chi connectivity index (χ1n) is 14.2. The molecule has 9 heteroatoms. The largest absolute Gasteiger partial charge is 0.493 e. The zero-order valence-corrected chi connectivity index (χ0v) is 24.0. The van der Waals surface area contributed by atoms with Gasteiger partial charge in [0.1, 0.15) is 0 Å². The number of anilines is 1. The number of ether oxygens (including phenoxy) is 3. The number of methoxy groups -OCH3 is 3. The Balaban J connectivity index is 1.70. The molecule has 2 amide bonds. The van der Waals surface area contributed by atoms with Gasteiger partial charge in [-0.3, -0.25) is 14.4 Å². The van der Waals surface area contributed by atoms with E-state index in [-0.39, 0.29) is 29.8 Å². The summed E-state index contributed by atoms with van der Waals surface area (Å²) in [5.41, 5.74) is 3.20. The zero-order chi connectivity index (χ0) is 28.6. The Morgan fingerprint density at radius 2 is 1.57 bits per heavy atom. The number of nitrogens with one attached hydrogen (secondary N) is 3. The van der Waals surface area contributed by atoms with Crippen molar-refractivity contribution in [3.63, 3.8) is 0 Å². The maximum atomic E-state index is 13.4. The fraction of sp³-hybridized carbons (Fsp3) is 0.516. The highest BCUT2D eigenvalue weighted by molar-refractivity contribution is 5.84. The Labute approximate surface area is 236 Å². The number of hydrogen-bond donors (Lipinski definition) is 3. The smallest absolute Gasteiger partial charge is 0.239 e. The Morgan fingerprint density at radius 1 is 0.875 bits per heavy atom. The van der Waals surface area contributed by atoms with E-state index < -0.39 is 6.04 Å². The molecule has 1 unspecified atom stereocenters. The van der Waals surface area contributed by atoms with Gasteiger partial charge < -0.3 is 30.2 Å². The van der Waals surface area contributed by atoms with Crippen LogP contribution in [0.2, 0.25) is 0 Å². The van der Waals surface area contributed by atoms with E-state index in [1.165, 1.54) is 26.2 Å². The maximum absolute atomic E-state index is 13.4. The number of aryl methyl sites for hydroxylation is 1. The first-order valence-corrected chi connectivity index (χ1v) is 14.2. The summed E-state index contributed by atoms with van der Waals surface area (Å²) in [6.45, 7) is 1.47. The molecule has 9 nitrogen and oxygen atoms in total. The SMILES string of the molecule is COc1cc2c(c(OC)c1OC)-c1ccc(NCC(=O)NC3CCCCCCC3)c(=O)cc1C(NC(C)=O)CC2. The number of hydrogen-bond acceptors (Lipinski definition) is 7. The third kappa shape index (κ3) is 6.69. The van der Waals surface area contributed by atoms with Crippen LogP contribution in [0.4, 0.5) is 5.69 Å². The van der Waals surface area contributed by atoms with Crippen LogP contribution in [0.1, 0.15) is 75.5 Å². The monoisotopic (exact) mass is 551 g/mol. The lowest BCUT2D eigenvalue weighted by Crippen LogP contribution is -2.39. The summed E-state index contributed by atoms with van der Waals surface area (Å²) in [5.74, 6) is 1.17. The van der Waals surface area contributed by atoms with E-state index in [4.69, 9.17) is 14.2 Å². The predicted molar refractivity (Wildman–Crippen MR) is 155 cm³/mol. The van der Waals surface area contributed by atoms with Crippen molar-refractivity contribution in [3.8, 4) is 28.4 Å². The van der Waals surface area contributed by atoms with E-state index in [0.717, 1.165) is 42.4 Å². The molecule has 2 aliphatic carbocycles. The van der Waals surface area contributed by atoms with Crippen LogP contribution < -0.4 is 35.6 Å². The van der Waals surface area contributed by atoms with E-state index in [9.17, 15) is 14.4 Å². The molecule has 0 heterocycles. The Hall–Kier alpha value is -3.75. The van der Waals surface area contributed by atoms with Gasteiger partial charge in [-0.2, -0.15) is 0 Å². The number of carbonyl (C=O) groups excluding carboxylic acids is 2. The quantitative estimate of drug-likeness (QED) is 0.442. The van der Waals surface area contributed by atoms with Crippen molar-refractivity contribution < 1.29 is 23.8 Å². The average molecular weight is 552 g/mol. The van der Waals surface area contributed by atoms with Crippen molar-refractivity contribution in [2.24, 2.45) is 0 Å². The van der Waals surface area contributed by atoms with Crippen molar-refractivity contribution >= 4 is 17.5 Å². The van der Waals surface area contributed by atoms with Gasteiger partial charge in [-0.15, -0.1) is 0 Å². The molecule has 4 rings (SSSR count). The van der Waals surface area contributed by atoms with Crippen LogP contribution in [0.5, 0.6) is 17.2 Å². The van der Waals surface area contributed by atoms with Gasteiger partial charge in [-0.1, -0.05) is 38.2 Å². The van der Waals surface area contributed by atoms with E-state index in [1.807, 2.05) is 12.1 Å². The molecule has 1 atom stereocenters. The van der Waals surface area contributed by atoms with Crippen LogP contribution in [0.3, 0.4) is 0 Å². The van der Waals surface area contributed by atoms with Gasteiger partial charge in [0.25, 0.3) is 0 Å². The first-order chi connectivity index (χ1) is 19.4. The van der Waals surface area contributed by atoms with Gasteiger partial charge in [-0.05, 0) is 60.6 Å². The molecule has 40 heavy (non-hydrogen) atoms. The highest BCUT2D eigenvalue weighted by atomic mass is 16.5. The summed E-state index contributed by atoms with van der Waals surface area (Å²) < 4.78 is 17.0. The molecule has 0 spiro atoms. The number of amides is 2. The lowest BCUT2D eigenvalue weighted by atomic mass is 9.95. The van der Waals surface area contributed by atoms with Gasteiger partial charge in [0, 0.05) is 18.5 Å². The van der Waals surface area contributed by atoms with Gasteiger partial charge in [0.15, 0.2) is 11.5 Å². The summed E-state index contributed by atoms with van der Waals surface area (Å²) >= 11 is 0. The molecule has 0 saturated heterocycles. The van der Waals surface area contributed by atoms with Crippen molar-refractivity contribution in [1.82, 2.24) is 10.6 Å². The summed E-state index contributed by atoms with van der Waals surface area (Å²) in [5, 5.41) is 9.19. The van der Waals surface area contributed by atoms with E-state index in [1.54, 1.807) is 33.5 Å². The van der Waals surface area contributed by atoms with E-state index in [2.05, 4.69) is 16.0 Å². The standard InChI is InChI=1S/C31H41N3O6/c1-19(35)33-24-14-12-20-16-27(38-2)30(39-3)31(40-4)29(20)22-13-15-25(26(36)17-23(22)24)32-18-28(37)34-21-10-8-6-5-7-9-11-21/h13,15-17,21,24H,5-12,14,18H2,1-4H3,(H,32,36)(H,33,35)(H,34,37). The average Bonchev–Trinajstić information content (AvgIpc) is 3.16. The maximum Gasteiger partial charge on any atom is 0.239 e. The molecule has 2 aromatic carbocycles. The molecule has 0 radical (unpaired) electrons. The number of rotatable bonds is 8. The molecule has 216 valence electrons. The summed E-state index contributed by atoms with van der Waals surface area (Å²) in [7, 11) is 4.69. The Kier molecular flexibility index (Phi) is 9.90. The van der Waals surface area contributed by atoms with Gasteiger partial charge in [-0.25, -0.2) is 0 Å². The van der Waals surface area contributed by atoms with Crippen molar-refractivity contribution in [2.75, 3.05) is 33.2 Å². The van der Waals surface area contributed by atoms with Crippen molar-refractivity contribution in [2.45, 2.75) is 76.8 Å². The third-order valence-electron chi connectivity index (χ3n) is 7.83. The minimum Gasteiger partial charge on any atom is -0.493 e. The molecule has 1 fully saturated rings. The lowest BCUT2D eigenvalue weighted by Gasteiger charge is -2.21. The van der Waals surface area contributed by atoms with Crippen LogP contribution in [-0.2, 0) is 16.0 Å². The van der Waals surface area contributed by atoms with Gasteiger partial charge in [0.05, 0.1) is 39.6 Å². The van der Waals surface area contributed by atoms with Gasteiger partial charge >= 0.3 is 0 Å². The number of benzene rings is 1. The van der Waals surface area contributed by atoms with Crippen molar-refractivity contribution in [3.05, 3.63) is 45.6 Å². The number of carbonyl (C=O) groups is 2. The fourth-order valence-electron chi connectivity index (χ4n) is 5.91. The van der Waals surface area contributed by atoms with Crippen molar-refractivity contribution in [1.29, 1.82) is 0 Å². The molecule has 3 N–H and O–H groups in total. The molecule has 1 saturated carbocycles. The third-order valence-corrected chi connectivity index (χ3v) is 7.83. The summed E-state index contributed by atoms with van der Waals surface area (Å²) in [6.07, 6.45) is 9.12. The Morgan fingerprint density at radius 3 is 2.23 bits per heavy atom. The van der Waals surface area contributed by atoms with Crippen LogP contribution >= 0.6 is 0 Å². The summed E-state index contributed by atoms with van der Waals surface area (Å²) in [6, 6.07) is 6.80. The lowest BCUT2D eigenvalue weighted by molar-refractivity contribution is -0.120.